The molecule has 0 aliphatic carbocycles. The number of likely N-dealkylation sites (tertiary alicyclic amines) is 1. The van der Waals surface area contributed by atoms with Gasteiger partial charge in [0.25, 0.3) is 5.91 Å². The van der Waals surface area contributed by atoms with Crippen molar-refractivity contribution in [3.8, 4) is 11.5 Å². The number of carbonyl (C=O) groups excluding carboxylic acids is 1. The first-order valence-corrected chi connectivity index (χ1v) is 9.51. The van der Waals surface area contributed by atoms with Crippen LogP contribution in [0.5, 0.6) is 11.5 Å². The minimum absolute atomic E-state index is 0. The minimum Gasteiger partial charge on any atom is -0.457 e. The molecule has 0 bridgehead atoms. The fraction of sp³-hybridized carbons (Fsp3) is 0.381. The Morgan fingerprint density at radius 1 is 1.15 bits per heavy atom. The van der Waals surface area contributed by atoms with Crippen LogP contribution >= 0.6 is 24.0 Å². The lowest BCUT2D eigenvalue weighted by molar-refractivity contribution is 0.0687. The summed E-state index contributed by atoms with van der Waals surface area (Å²) in [6, 6.07) is 14.6. The van der Waals surface area contributed by atoms with Crippen LogP contribution in [0.15, 0.2) is 48.5 Å². The van der Waals surface area contributed by atoms with Gasteiger partial charge in [-0.25, -0.2) is 0 Å². The predicted octanol–water partition coefficient (Wildman–Crippen LogP) is 5.02. The van der Waals surface area contributed by atoms with Crippen LogP contribution in [-0.2, 0) is 0 Å². The lowest BCUT2D eigenvalue weighted by atomic mass is 9.93. The molecule has 1 fully saturated rings. The molecule has 2 aromatic carbocycles. The number of piperidine rings is 1. The molecule has 0 spiro atoms. The van der Waals surface area contributed by atoms with E-state index in [2.05, 4.69) is 5.32 Å². The van der Waals surface area contributed by atoms with Crippen LogP contribution in [0.1, 0.15) is 29.6 Å². The molecule has 27 heavy (non-hydrogen) atoms. The SMILES string of the molecule is CNCCC1CCN(C(=O)c2ccc(Oc3cccc(Cl)c3)cc2)CC1.Cl. The first-order chi connectivity index (χ1) is 12.7. The number of hydrogen-bond donors (Lipinski definition) is 1. The molecule has 2 aromatic rings. The van der Waals surface area contributed by atoms with Gasteiger partial charge in [0.2, 0.25) is 0 Å². The van der Waals surface area contributed by atoms with Crippen molar-refractivity contribution in [1.82, 2.24) is 10.2 Å². The number of amides is 1. The predicted molar refractivity (Wildman–Crippen MR) is 112 cm³/mol. The van der Waals surface area contributed by atoms with Crippen LogP contribution in [0.2, 0.25) is 5.02 Å². The highest BCUT2D eigenvalue weighted by Crippen LogP contribution is 2.25. The standard InChI is InChI=1S/C21H25ClN2O2.ClH/c1-23-12-9-16-10-13-24(14-11-16)21(25)17-5-7-19(8-6-17)26-20-4-2-3-18(22)15-20;/h2-8,15-16,23H,9-14H2,1H3;1H. The summed E-state index contributed by atoms with van der Waals surface area (Å²) in [5, 5.41) is 3.83. The van der Waals surface area contributed by atoms with Gasteiger partial charge in [0.1, 0.15) is 11.5 Å². The summed E-state index contributed by atoms with van der Waals surface area (Å²) < 4.78 is 5.78. The van der Waals surface area contributed by atoms with Crippen molar-refractivity contribution in [1.29, 1.82) is 0 Å². The van der Waals surface area contributed by atoms with Gasteiger partial charge >= 0.3 is 0 Å². The molecule has 1 aliphatic heterocycles. The second kappa shape index (κ2) is 10.5. The van der Waals surface area contributed by atoms with E-state index in [-0.39, 0.29) is 18.3 Å². The maximum absolute atomic E-state index is 12.7. The third-order valence-corrected chi connectivity index (χ3v) is 5.07. The molecule has 1 amide bonds. The van der Waals surface area contributed by atoms with E-state index in [1.807, 2.05) is 48.3 Å². The van der Waals surface area contributed by atoms with Gasteiger partial charge in [0.15, 0.2) is 0 Å². The quantitative estimate of drug-likeness (QED) is 0.729. The second-order valence-electron chi connectivity index (χ2n) is 6.71. The van der Waals surface area contributed by atoms with Gasteiger partial charge in [-0.2, -0.15) is 0 Å². The third-order valence-electron chi connectivity index (χ3n) is 4.84. The molecular formula is C21H26Cl2N2O2. The molecule has 4 nitrogen and oxygen atoms in total. The Labute approximate surface area is 172 Å². The van der Waals surface area contributed by atoms with Crippen molar-refractivity contribution in [3.63, 3.8) is 0 Å². The molecule has 1 aliphatic rings. The van der Waals surface area contributed by atoms with E-state index in [9.17, 15) is 4.79 Å². The van der Waals surface area contributed by atoms with Crippen molar-refractivity contribution in [3.05, 3.63) is 59.1 Å². The van der Waals surface area contributed by atoms with E-state index < -0.39 is 0 Å². The van der Waals surface area contributed by atoms with Crippen molar-refractivity contribution in [2.75, 3.05) is 26.7 Å². The van der Waals surface area contributed by atoms with Crippen molar-refractivity contribution < 1.29 is 9.53 Å². The molecule has 0 saturated carbocycles. The molecule has 0 unspecified atom stereocenters. The second-order valence-corrected chi connectivity index (χ2v) is 7.15. The first-order valence-electron chi connectivity index (χ1n) is 9.13. The van der Waals surface area contributed by atoms with Gasteiger partial charge in [0.05, 0.1) is 0 Å². The normalized spacial score (nSPS) is 14.5. The largest absolute Gasteiger partial charge is 0.457 e. The van der Waals surface area contributed by atoms with Gasteiger partial charge in [-0.3, -0.25) is 4.79 Å². The lowest BCUT2D eigenvalue weighted by Crippen LogP contribution is -2.38. The Morgan fingerprint density at radius 2 is 1.85 bits per heavy atom. The molecular weight excluding hydrogens is 383 g/mol. The Balaban J connectivity index is 0.00000261. The maximum atomic E-state index is 12.7. The summed E-state index contributed by atoms with van der Waals surface area (Å²) in [6.07, 6.45) is 3.36. The zero-order valence-electron chi connectivity index (χ0n) is 15.5. The highest BCUT2D eigenvalue weighted by Gasteiger charge is 2.23. The zero-order valence-corrected chi connectivity index (χ0v) is 17.1. The van der Waals surface area contributed by atoms with Gasteiger partial charge in [-0.05, 0) is 81.2 Å². The summed E-state index contributed by atoms with van der Waals surface area (Å²) >= 11 is 5.97. The Hall–Kier alpha value is -1.75. The summed E-state index contributed by atoms with van der Waals surface area (Å²) in [6.45, 7) is 2.73. The first kappa shape index (κ1) is 21.5. The number of carbonyl (C=O) groups is 1. The molecule has 6 heteroatoms. The minimum atomic E-state index is 0. The topological polar surface area (TPSA) is 41.6 Å². The van der Waals surface area contributed by atoms with Crippen molar-refractivity contribution >= 4 is 29.9 Å². The number of rotatable bonds is 6. The summed E-state index contributed by atoms with van der Waals surface area (Å²) in [7, 11) is 1.98. The molecule has 1 saturated heterocycles. The van der Waals surface area contributed by atoms with Crippen LogP contribution in [-0.4, -0.2) is 37.5 Å². The Kier molecular flexibility index (Phi) is 8.42. The third kappa shape index (κ3) is 6.13. The van der Waals surface area contributed by atoms with E-state index >= 15 is 0 Å². The van der Waals surface area contributed by atoms with E-state index in [0.717, 1.165) is 38.4 Å². The van der Waals surface area contributed by atoms with Crippen molar-refractivity contribution in [2.45, 2.75) is 19.3 Å². The smallest absolute Gasteiger partial charge is 0.253 e. The van der Waals surface area contributed by atoms with Gasteiger partial charge in [-0.1, -0.05) is 17.7 Å². The number of ether oxygens (including phenoxy) is 1. The van der Waals surface area contributed by atoms with Crippen LogP contribution in [0.25, 0.3) is 0 Å². The summed E-state index contributed by atoms with van der Waals surface area (Å²) in [5.41, 5.74) is 0.706. The van der Waals surface area contributed by atoms with Gasteiger partial charge in [0, 0.05) is 23.7 Å². The van der Waals surface area contributed by atoms with E-state index in [1.165, 1.54) is 6.42 Å². The molecule has 0 radical (unpaired) electrons. The molecule has 0 atom stereocenters. The lowest BCUT2D eigenvalue weighted by Gasteiger charge is -2.32. The Morgan fingerprint density at radius 3 is 2.48 bits per heavy atom. The molecule has 146 valence electrons. The van der Waals surface area contributed by atoms with Crippen LogP contribution in [0.4, 0.5) is 0 Å². The summed E-state index contributed by atoms with van der Waals surface area (Å²) in [5.74, 6) is 2.20. The van der Waals surface area contributed by atoms with Crippen LogP contribution in [0.3, 0.4) is 0 Å². The number of hydrogen-bond acceptors (Lipinski definition) is 3. The Bertz CT molecular complexity index is 729. The van der Waals surface area contributed by atoms with Crippen molar-refractivity contribution in [2.24, 2.45) is 5.92 Å². The van der Waals surface area contributed by atoms with E-state index in [4.69, 9.17) is 16.3 Å². The fourth-order valence-electron chi connectivity index (χ4n) is 3.29. The summed E-state index contributed by atoms with van der Waals surface area (Å²) in [4.78, 5) is 14.7. The zero-order chi connectivity index (χ0) is 18.4. The van der Waals surface area contributed by atoms with Gasteiger partial charge < -0.3 is 15.0 Å². The van der Waals surface area contributed by atoms with Crippen LogP contribution in [0, 0.1) is 5.92 Å². The highest BCUT2D eigenvalue weighted by atomic mass is 35.5. The van der Waals surface area contributed by atoms with Crippen LogP contribution < -0.4 is 10.1 Å². The molecule has 0 aromatic heterocycles. The monoisotopic (exact) mass is 408 g/mol. The number of halogens is 2. The number of nitrogens with one attached hydrogen (secondary N) is 1. The van der Waals surface area contributed by atoms with E-state index in [1.54, 1.807) is 12.1 Å². The average Bonchev–Trinajstić information content (AvgIpc) is 2.67. The number of benzene rings is 2. The highest BCUT2D eigenvalue weighted by molar-refractivity contribution is 6.30. The molecule has 1 N–H and O–H groups in total. The fourth-order valence-corrected chi connectivity index (χ4v) is 3.47. The molecule has 1 heterocycles. The van der Waals surface area contributed by atoms with E-state index in [0.29, 0.717) is 22.1 Å². The average molecular weight is 409 g/mol. The van der Waals surface area contributed by atoms with Gasteiger partial charge in [-0.15, -0.1) is 12.4 Å². The maximum Gasteiger partial charge on any atom is 0.253 e. The number of nitrogens with zero attached hydrogens (tertiary/aromatic N) is 1. The molecule has 3 rings (SSSR count).